The molecule has 1 heterocycles. The van der Waals surface area contributed by atoms with Gasteiger partial charge in [0.2, 0.25) is 15.9 Å². The van der Waals surface area contributed by atoms with Crippen LogP contribution in [0.25, 0.3) is 0 Å². The Labute approximate surface area is 188 Å². The van der Waals surface area contributed by atoms with E-state index < -0.39 is 16.1 Å². The van der Waals surface area contributed by atoms with Crippen LogP contribution >= 0.6 is 23.2 Å². The summed E-state index contributed by atoms with van der Waals surface area (Å²) in [6.45, 7) is 4.11. The van der Waals surface area contributed by atoms with Crippen molar-refractivity contribution in [3.05, 3.63) is 52.3 Å². The van der Waals surface area contributed by atoms with Crippen LogP contribution in [-0.2, 0) is 33.1 Å². The van der Waals surface area contributed by atoms with E-state index in [0.29, 0.717) is 19.7 Å². The van der Waals surface area contributed by atoms with E-state index in [1.54, 1.807) is 25.9 Å². The molecular weight excluding hydrogens is 449 g/mol. The fraction of sp³-hybridized carbons (Fsp3) is 0.450. The molecule has 0 radical (unpaired) electrons. The number of aryl methyl sites for hydroxylation is 1. The smallest absolute Gasteiger partial charge is 0.245 e. The molecule has 0 unspecified atom stereocenters. The molecule has 1 aromatic heterocycles. The first-order chi connectivity index (χ1) is 14.1. The molecule has 30 heavy (non-hydrogen) atoms. The SMILES string of the molecule is COCCN(Cc1cccn1C)C(=O)CN(C(C)C)S(=O)(=O)c1cc(Cl)ccc1Cl. The van der Waals surface area contributed by atoms with Gasteiger partial charge in [-0.25, -0.2) is 8.42 Å². The summed E-state index contributed by atoms with van der Waals surface area (Å²) in [4.78, 5) is 14.6. The van der Waals surface area contributed by atoms with Crippen LogP contribution < -0.4 is 0 Å². The Bertz CT molecular complexity index is 976. The summed E-state index contributed by atoms with van der Waals surface area (Å²) in [5.41, 5.74) is 0.927. The predicted octanol–water partition coefficient (Wildman–Crippen LogP) is 3.41. The standard InChI is InChI=1S/C20H27Cl2N3O4S/c1-15(2)25(30(27,28)19-12-16(21)7-8-18(19)22)14-20(26)24(10-11-29-4)13-17-6-5-9-23(17)3/h5-9,12,15H,10-11,13-14H2,1-4H3. The molecule has 0 saturated heterocycles. The number of carbonyl (C=O) groups is 1. The number of aromatic nitrogens is 1. The van der Waals surface area contributed by atoms with E-state index in [1.165, 1.54) is 18.2 Å². The molecule has 0 fully saturated rings. The number of carbonyl (C=O) groups excluding carboxylic acids is 1. The van der Waals surface area contributed by atoms with E-state index in [-0.39, 0.29) is 27.4 Å². The van der Waals surface area contributed by atoms with Crippen molar-refractivity contribution < 1.29 is 17.9 Å². The molecular formula is C20H27Cl2N3O4S. The predicted molar refractivity (Wildman–Crippen MR) is 118 cm³/mol. The number of ether oxygens (including phenoxy) is 1. The Morgan fingerprint density at radius 3 is 2.50 bits per heavy atom. The first-order valence-electron chi connectivity index (χ1n) is 9.41. The molecule has 166 valence electrons. The zero-order valence-corrected chi connectivity index (χ0v) is 19.8. The summed E-state index contributed by atoms with van der Waals surface area (Å²) in [5.74, 6) is -0.330. The Hall–Kier alpha value is -1.58. The maximum atomic E-state index is 13.3. The van der Waals surface area contributed by atoms with Gasteiger partial charge in [-0.05, 0) is 44.2 Å². The molecule has 10 heteroatoms. The van der Waals surface area contributed by atoms with Gasteiger partial charge in [0.25, 0.3) is 0 Å². The average molecular weight is 476 g/mol. The maximum absolute atomic E-state index is 13.3. The van der Waals surface area contributed by atoms with Crippen LogP contribution in [0.1, 0.15) is 19.5 Å². The van der Waals surface area contributed by atoms with Crippen LogP contribution in [0.5, 0.6) is 0 Å². The van der Waals surface area contributed by atoms with E-state index in [2.05, 4.69) is 0 Å². The largest absolute Gasteiger partial charge is 0.383 e. The number of halogens is 2. The highest BCUT2D eigenvalue weighted by Gasteiger charge is 2.32. The second-order valence-corrected chi connectivity index (χ2v) is 9.84. The zero-order valence-electron chi connectivity index (χ0n) is 17.5. The second kappa shape index (κ2) is 10.6. The fourth-order valence-electron chi connectivity index (χ4n) is 2.93. The van der Waals surface area contributed by atoms with Gasteiger partial charge in [-0.3, -0.25) is 4.79 Å². The first kappa shape index (κ1) is 24.7. The van der Waals surface area contributed by atoms with Gasteiger partial charge < -0.3 is 14.2 Å². The van der Waals surface area contributed by atoms with Gasteiger partial charge in [0.05, 0.1) is 24.7 Å². The Morgan fingerprint density at radius 2 is 1.93 bits per heavy atom. The number of hydrogen-bond acceptors (Lipinski definition) is 4. The van der Waals surface area contributed by atoms with E-state index >= 15 is 0 Å². The molecule has 0 aliphatic heterocycles. The third-order valence-corrected chi connectivity index (χ3v) is 7.41. The van der Waals surface area contributed by atoms with Crippen molar-refractivity contribution in [1.82, 2.24) is 13.8 Å². The summed E-state index contributed by atoms with van der Waals surface area (Å²) in [6, 6.07) is 7.58. The molecule has 2 rings (SSSR count). The van der Waals surface area contributed by atoms with Crippen LogP contribution in [-0.4, -0.2) is 60.9 Å². The summed E-state index contributed by atoms with van der Waals surface area (Å²) < 4.78 is 34.7. The van der Waals surface area contributed by atoms with Gasteiger partial charge in [0, 0.05) is 43.7 Å². The van der Waals surface area contributed by atoms with E-state index in [4.69, 9.17) is 27.9 Å². The minimum absolute atomic E-state index is 0.0533. The molecule has 1 amide bonds. The maximum Gasteiger partial charge on any atom is 0.245 e. The first-order valence-corrected chi connectivity index (χ1v) is 11.6. The molecule has 0 aliphatic rings. The lowest BCUT2D eigenvalue weighted by atomic mass is 10.3. The lowest BCUT2D eigenvalue weighted by Gasteiger charge is -2.29. The summed E-state index contributed by atoms with van der Waals surface area (Å²) >= 11 is 12.1. The number of sulfonamides is 1. The minimum atomic E-state index is -4.04. The van der Waals surface area contributed by atoms with Gasteiger partial charge >= 0.3 is 0 Å². The highest BCUT2D eigenvalue weighted by atomic mass is 35.5. The van der Waals surface area contributed by atoms with Crippen molar-refractivity contribution in [1.29, 1.82) is 0 Å². The van der Waals surface area contributed by atoms with Gasteiger partial charge in [-0.1, -0.05) is 23.2 Å². The molecule has 0 spiro atoms. The lowest BCUT2D eigenvalue weighted by Crippen LogP contribution is -2.46. The molecule has 0 saturated carbocycles. The zero-order chi connectivity index (χ0) is 22.5. The molecule has 7 nitrogen and oxygen atoms in total. The van der Waals surface area contributed by atoms with Gasteiger partial charge in [0.15, 0.2) is 0 Å². The third kappa shape index (κ3) is 5.98. The molecule has 2 aromatic rings. The average Bonchev–Trinajstić information content (AvgIpc) is 3.08. The van der Waals surface area contributed by atoms with Crippen LogP contribution in [0.15, 0.2) is 41.4 Å². The van der Waals surface area contributed by atoms with Crippen LogP contribution in [0.3, 0.4) is 0 Å². The van der Waals surface area contributed by atoms with Gasteiger partial charge in [-0.15, -0.1) is 0 Å². The van der Waals surface area contributed by atoms with Crippen molar-refractivity contribution in [3.63, 3.8) is 0 Å². The number of nitrogens with zero attached hydrogens (tertiary/aromatic N) is 3. The highest BCUT2D eigenvalue weighted by Crippen LogP contribution is 2.28. The summed E-state index contributed by atoms with van der Waals surface area (Å²) in [5, 5.41) is 0.302. The summed E-state index contributed by atoms with van der Waals surface area (Å²) in [7, 11) is -0.598. The van der Waals surface area contributed by atoms with E-state index in [1.807, 2.05) is 29.9 Å². The van der Waals surface area contributed by atoms with Gasteiger partial charge in [-0.2, -0.15) is 4.31 Å². The summed E-state index contributed by atoms with van der Waals surface area (Å²) in [6.07, 6.45) is 1.89. The number of rotatable bonds is 10. The Balaban J connectivity index is 2.31. The lowest BCUT2D eigenvalue weighted by molar-refractivity contribution is -0.133. The molecule has 0 N–H and O–H groups in total. The topological polar surface area (TPSA) is 71.8 Å². The van der Waals surface area contributed by atoms with Crippen molar-refractivity contribution in [2.45, 2.75) is 31.3 Å². The van der Waals surface area contributed by atoms with Crippen LogP contribution in [0.4, 0.5) is 0 Å². The van der Waals surface area contributed by atoms with E-state index in [0.717, 1.165) is 10.00 Å². The van der Waals surface area contributed by atoms with Crippen molar-refractivity contribution in [3.8, 4) is 0 Å². The van der Waals surface area contributed by atoms with Crippen LogP contribution in [0, 0.1) is 0 Å². The normalized spacial score (nSPS) is 12.0. The molecule has 1 aromatic carbocycles. The highest BCUT2D eigenvalue weighted by molar-refractivity contribution is 7.89. The quantitative estimate of drug-likeness (QED) is 0.527. The van der Waals surface area contributed by atoms with Crippen molar-refractivity contribution in [2.24, 2.45) is 7.05 Å². The molecule has 0 aliphatic carbocycles. The fourth-order valence-corrected chi connectivity index (χ4v) is 5.25. The monoisotopic (exact) mass is 475 g/mol. The van der Waals surface area contributed by atoms with Crippen molar-refractivity contribution in [2.75, 3.05) is 26.8 Å². The molecule has 0 atom stereocenters. The second-order valence-electron chi connectivity index (χ2n) is 7.14. The van der Waals surface area contributed by atoms with Crippen LogP contribution in [0.2, 0.25) is 10.0 Å². The van der Waals surface area contributed by atoms with E-state index in [9.17, 15) is 13.2 Å². The number of amides is 1. The van der Waals surface area contributed by atoms with Crippen molar-refractivity contribution >= 4 is 39.1 Å². The number of hydrogen-bond donors (Lipinski definition) is 0. The minimum Gasteiger partial charge on any atom is -0.383 e. The Morgan fingerprint density at radius 1 is 1.23 bits per heavy atom. The Kier molecular flexibility index (Phi) is 8.75. The molecule has 0 bridgehead atoms. The number of methoxy groups -OCH3 is 1. The van der Waals surface area contributed by atoms with Gasteiger partial charge in [0.1, 0.15) is 4.90 Å². The number of benzene rings is 1. The third-order valence-electron chi connectivity index (χ3n) is 4.67.